The molecule has 1 heterocycles. The molecule has 2 atom stereocenters. The lowest BCUT2D eigenvalue weighted by atomic mass is 9.72. The summed E-state index contributed by atoms with van der Waals surface area (Å²) < 4.78 is 11.9. The van der Waals surface area contributed by atoms with Crippen molar-refractivity contribution in [3.8, 4) is 28.3 Å². The number of hydrogen-bond donors (Lipinski definition) is 1. The van der Waals surface area contributed by atoms with E-state index in [1.54, 1.807) is 7.11 Å². The Morgan fingerprint density at radius 1 is 0.943 bits per heavy atom. The lowest BCUT2D eigenvalue weighted by Crippen LogP contribution is -2.39. The van der Waals surface area contributed by atoms with Crippen LogP contribution in [0.15, 0.2) is 77.2 Å². The smallest absolute Gasteiger partial charge is 0.227 e. The standard InChI is InChI=1S/C31H33NO3/c1-21-10-14-24(15-11-21)28-29(25-16-12-22(2)13-17-25)35-30(32-28)31(33)18-5-4-8-26(31)19-23-7-6-9-27(20-23)34-3/h6-7,9-17,20,26,33H,4-5,8,18-19H2,1-3H3/t26-,31-/m0/s1. The summed E-state index contributed by atoms with van der Waals surface area (Å²) in [6, 6.07) is 24.7. The highest BCUT2D eigenvalue weighted by molar-refractivity contribution is 5.77. The van der Waals surface area contributed by atoms with Crippen LogP contribution in [0.4, 0.5) is 0 Å². The zero-order valence-corrected chi connectivity index (χ0v) is 20.8. The molecule has 1 N–H and O–H groups in total. The van der Waals surface area contributed by atoms with Crippen LogP contribution in [0, 0.1) is 19.8 Å². The molecule has 4 heteroatoms. The van der Waals surface area contributed by atoms with Gasteiger partial charge in [-0.15, -0.1) is 0 Å². The highest BCUT2D eigenvalue weighted by Gasteiger charge is 2.45. The molecule has 180 valence electrons. The van der Waals surface area contributed by atoms with Crippen molar-refractivity contribution in [1.82, 2.24) is 4.98 Å². The van der Waals surface area contributed by atoms with Crippen molar-refractivity contribution in [1.29, 1.82) is 0 Å². The monoisotopic (exact) mass is 467 g/mol. The maximum absolute atomic E-state index is 12.1. The Bertz CT molecular complexity index is 1230. The van der Waals surface area contributed by atoms with Gasteiger partial charge in [-0.05, 0) is 50.8 Å². The first kappa shape index (κ1) is 23.4. The minimum absolute atomic E-state index is 0.0127. The van der Waals surface area contributed by atoms with E-state index in [4.69, 9.17) is 14.1 Å². The van der Waals surface area contributed by atoms with Crippen LogP contribution in [0.3, 0.4) is 0 Å². The second kappa shape index (κ2) is 9.71. The van der Waals surface area contributed by atoms with Crippen molar-refractivity contribution in [2.75, 3.05) is 7.11 Å². The minimum atomic E-state index is -1.12. The van der Waals surface area contributed by atoms with Gasteiger partial charge < -0.3 is 14.3 Å². The number of oxazole rings is 1. The topological polar surface area (TPSA) is 55.5 Å². The van der Waals surface area contributed by atoms with E-state index in [9.17, 15) is 5.11 Å². The lowest BCUT2D eigenvalue weighted by Gasteiger charge is -2.37. The van der Waals surface area contributed by atoms with Gasteiger partial charge in [-0.1, -0.05) is 84.6 Å². The molecule has 1 aliphatic rings. The van der Waals surface area contributed by atoms with Gasteiger partial charge in [0.2, 0.25) is 5.89 Å². The summed E-state index contributed by atoms with van der Waals surface area (Å²) in [4.78, 5) is 4.99. The molecule has 0 spiro atoms. The van der Waals surface area contributed by atoms with Crippen LogP contribution < -0.4 is 4.74 Å². The number of benzene rings is 3. The number of aromatic nitrogens is 1. The predicted octanol–water partition coefficient (Wildman–Crippen LogP) is 7.25. The number of hydrogen-bond acceptors (Lipinski definition) is 4. The lowest BCUT2D eigenvalue weighted by molar-refractivity contribution is -0.0742. The van der Waals surface area contributed by atoms with Gasteiger partial charge >= 0.3 is 0 Å². The van der Waals surface area contributed by atoms with Crippen LogP contribution >= 0.6 is 0 Å². The van der Waals surface area contributed by atoms with Crippen molar-refractivity contribution in [3.63, 3.8) is 0 Å². The van der Waals surface area contributed by atoms with Crippen LogP contribution in [-0.4, -0.2) is 17.2 Å². The van der Waals surface area contributed by atoms with Crippen molar-refractivity contribution in [2.24, 2.45) is 5.92 Å². The van der Waals surface area contributed by atoms with E-state index in [0.717, 1.165) is 53.8 Å². The molecule has 1 aromatic heterocycles. The average molecular weight is 468 g/mol. The third-order valence-corrected chi connectivity index (χ3v) is 7.29. The first-order valence-corrected chi connectivity index (χ1v) is 12.5. The van der Waals surface area contributed by atoms with Gasteiger partial charge in [0.1, 0.15) is 17.0 Å². The molecule has 0 saturated heterocycles. The van der Waals surface area contributed by atoms with Gasteiger partial charge in [-0.3, -0.25) is 0 Å². The third kappa shape index (κ3) is 4.76. The van der Waals surface area contributed by atoms with E-state index in [1.807, 2.05) is 12.1 Å². The molecule has 1 aliphatic carbocycles. The number of ether oxygens (including phenoxy) is 1. The predicted molar refractivity (Wildman–Crippen MR) is 139 cm³/mol. The highest BCUT2D eigenvalue weighted by atomic mass is 16.5. The van der Waals surface area contributed by atoms with Gasteiger partial charge in [0.25, 0.3) is 0 Å². The highest BCUT2D eigenvalue weighted by Crippen LogP contribution is 2.46. The van der Waals surface area contributed by atoms with Crippen molar-refractivity contribution in [3.05, 3.63) is 95.4 Å². The Kier molecular flexibility index (Phi) is 6.48. The molecule has 0 amide bonds. The van der Waals surface area contributed by atoms with Gasteiger partial charge in [-0.25, -0.2) is 4.98 Å². The number of aliphatic hydroxyl groups is 1. The molecular formula is C31H33NO3. The van der Waals surface area contributed by atoms with Gasteiger partial charge in [-0.2, -0.15) is 0 Å². The third-order valence-electron chi connectivity index (χ3n) is 7.29. The van der Waals surface area contributed by atoms with Crippen LogP contribution in [0.2, 0.25) is 0 Å². The molecule has 0 bridgehead atoms. The van der Waals surface area contributed by atoms with E-state index in [2.05, 4.69) is 74.5 Å². The van der Waals surface area contributed by atoms with Crippen molar-refractivity contribution >= 4 is 0 Å². The molecule has 1 fully saturated rings. The quantitative estimate of drug-likeness (QED) is 0.324. The number of aryl methyl sites for hydroxylation is 2. The Morgan fingerprint density at radius 3 is 2.31 bits per heavy atom. The van der Waals surface area contributed by atoms with Crippen LogP contribution in [0.1, 0.15) is 48.3 Å². The van der Waals surface area contributed by atoms with Crippen molar-refractivity contribution < 1.29 is 14.3 Å². The molecule has 35 heavy (non-hydrogen) atoms. The summed E-state index contributed by atoms with van der Waals surface area (Å²) in [6.45, 7) is 4.15. The summed E-state index contributed by atoms with van der Waals surface area (Å²) in [5.41, 5.74) is 5.15. The molecule has 1 saturated carbocycles. The summed E-state index contributed by atoms with van der Waals surface area (Å²) in [5.74, 6) is 1.99. The molecule has 4 nitrogen and oxygen atoms in total. The Hall–Kier alpha value is -3.37. The largest absolute Gasteiger partial charge is 0.497 e. The second-order valence-electron chi connectivity index (χ2n) is 9.85. The number of nitrogens with zero attached hydrogens (tertiary/aromatic N) is 1. The van der Waals surface area contributed by atoms with Crippen LogP contribution in [0.25, 0.3) is 22.6 Å². The molecule has 0 aliphatic heterocycles. The molecule has 4 aromatic rings. The van der Waals surface area contributed by atoms with Crippen LogP contribution in [-0.2, 0) is 12.0 Å². The molecule has 0 radical (unpaired) electrons. The fourth-order valence-electron chi connectivity index (χ4n) is 5.18. The fraction of sp³-hybridized carbons (Fsp3) is 0.323. The maximum atomic E-state index is 12.1. The Balaban J connectivity index is 1.57. The Morgan fingerprint density at radius 2 is 1.63 bits per heavy atom. The summed E-state index contributed by atoms with van der Waals surface area (Å²) in [6.07, 6.45) is 4.36. The first-order chi connectivity index (χ1) is 17.0. The zero-order valence-electron chi connectivity index (χ0n) is 20.8. The first-order valence-electron chi connectivity index (χ1n) is 12.5. The number of methoxy groups -OCH3 is 1. The van der Waals surface area contributed by atoms with E-state index >= 15 is 0 Å². The Labute approximate surface area is 207 Å². The SMILES string of the molecule is COc1cccc(C[C@@H]2CCCC[C@@]2(O)c2nc(-c3ccc(C)cc3)c(-c3ccc(C)cc3)o2)c1. The normalized spacial score (nSPS) is 20.1. The molecule has 0 unspecified atom stereocenters. The zero-order chi connectivity index (χ0) is 24.4. The van der Waals surface area contributed by atoms with E-state index in [-0.39, 0.29) is 5.92 Å². The summed E-state index contributed by atoms with van der Waals surface area (Å²) in [7, 11) is 1.68. The second-order valence-corrected chi connectivity index (χ2v) is 9.85. The molecule has 5 rings (SSSR count). The minimum Gasteiger partial charge on any atom is -0.497 e. The van der Waals surface area contributed by atoms with Gasteiger partial charge in [0, 0.05) is 17.0 Å². The fourth-order valence-corrected chi connectivity index (χ4v) is 5.18. The molecule has 3 aromatic carbocycles. The van der Waals surface area contributed by atoms with Gasteiger partial charge in [0.15, 0.2) is 5.76 Å². The maximum Gasteiger partial charge on any atom is 0.227 e. The van der Waals surface area contributed by atoms with E-state index in [0.29, 0.717) is 18.1 Å². The van der Waals surface area contributed by atoms with E-state index in [1.165, 1.54) is 11.1 Å². The summed E-state index contributed by atoms with van der Waals surface area (Å²) >= 11 is 0. The van der Waals surface area contributed by atoms with E-state index < -0.39 is 5.60 Å². The van der Waals surface area contributed by atoms with Gasteiger partial charge in [0.05, 0.1) is 7.11 Å². The number of rotatable bonds is 6. The van der Waals surface area contributed by atoms with Crippen molar-refractivity contribution in [2.45, 2.75) is 51.6 Å². The van der Waals surface area contributed by atoms with Crippen LogP contribution in [0.5, 0.6) is 5.75 Å². The average Bonchev–Trinajstić information content (AvgIpc) is 3.33. The molecular weight excluding hydrogens is 434 g/mol. The summed E-state index contributed by atoms with van der Waals surface area (Å²) in [5, 5.41) is 12.1.